The van der Waals surface area contributed by atoms with E-state index < -0.39 is 0 Å². The Balaban J connectivity index is 1.69. The third-order valence-corrected chi connectivity index (χ3v) is 5.29. The van der Waals surface area contributed by atoms with Gasteiger partial charge in [0.2, 0.25) is 0 Å². The monoisotopic (exact) mass is 228 g/mol. The summed E-state index contributed by atoms with van der Waals surface area (Å²) in [6.07, 6.45) is 14.9. The summed E-state index contributed by atoms with van der Waals surface area (Å²) in [5.41, 5.74) is 3.30. The summed E-state index contributed by atoms with van der Waals surface area (Å²) < 4.78 is 5.72. The van der Waals surface area contributed by atoms with Crippen LogP contribution in [0.5, 0.6) is 0 Å². The second-order valence-corrected chi connectivity index (χ2v) is 5.99. The lowest BCUT2D eigenvalue weighted by Crippen LogP contribution is -2.38. The standard InChI is InChI=1S/C16H20O/c1-2-11-4-7-15-14(13(11)3-1)6-5-12-8-9-17-10-16(12)15/h1-2,4,7,12-14,16H,3,5-6,8-10H2/t12?,13-,14+,16+/m1/s1. The zero-order valence-corrected chi connectivity index (χ0v) is 10.3. The summed E-state index contributed by atoms with van der Waals surface area (Å²) >= 11 is 0. The summed E-state index contributed by atoms with van der Waals surface area (Å²) in [7, 11) is 0. The van der Waals surface area contributed by atoms with Gasteiger partial charge in [-0.05, 0) is 49.0 Å². The van der Waals surface area contributed by atoms with Gasteiger partial charge in [0.1, 0.15) is 0 Å². The molecule has 4 rings (SSSR count). The van der Waals surface area contributed by atoms with Crippen LogP contribution in [-0.2, 0) is 4.74 Å². The van der Waals surface area contributed by atoms with Crippen molar-refractivity contribution in [1.29, 1.82) is 0 Å². The smallest absolute Gasteiger partial charge is 0.0534 e. The van der Waals surface area contributed by atoms with Crippen molar-refractivity contribution < 1.29 is 4.74 Å². The van der Waals surface area contributed by atoms with Crippen molar-refractivity contribution in [2.75, 3.05) is 13.2 Å². The first-order valence-electron chi connectivity index (χ1n) is 7.09. The Bertz CT molecular complexity index is 415. The SMILES string of the molecule is C1=CC2=CC=C3[C@H]4COCCC4CC[C@H]3[C@@H]2C1. The van der Waals surface area contributed by atoms with Crippen LogP contribution in [0.3, 0.4) is 0 Å². The molecule has 0 radical (unpaired) electrons. The molecule has 90 valence electrons. The lowest BCUT2D eigenvalue weighted by molar-refractivity contribution is 0.00936. The van der Waals surface area contributed by atoms with Gasteiger partial charge in [0.25, 0.3) is 0 Å². The van der Waals surface area contributed by atoms with Crippen LogP contribution in [0.2, 0.25) is 0 Å². The van der Waals surface area contributed by atoms with E-state index in [1.54, 1.807) is 11.1 Å². The fourth-order valence-corrected chi connectivity index (χ4v) is 4.39. The minimum Gasteiger partial charge on any atom is -0.381 e. The largest absolute Gasteiger partial charge is 0.381 e. The topological polar surface area (TPSA) is 9.23 Å². The average Bonchev–Trinajstić information content (AvgIpc) is 2.86. The second-order valence-electron chi connectivity index (χ2n) is 5.99. The van der Waals surface area contributed by atoms with Crippen molar-refractivity contribution >= 4 is 0 Å². The molecule has 0 bridgehead atoms. The summed E-state index contributed by atoms with van der Waals surface area (Å²) in [5.74, 6) is 3.28. The Morgan fingerprint density at radius 3 is 3.00 bits per heavy atom. The molecule has 0 aromatic rings. The maximum Gasteiger partial charge on any atom is 0.0534 e. The molecule has 1 unspecified atom stereocenters. The van der Waals surface area contributed by atoms with Gasteiger partial charge in [0.15, 0.2) is 0 Å². The van der Waals surface area contributed by atoms with Crippen LogP contribution in [0.4, 0.5) is 0 Å². The predicted molar refractivity (Wildman–Crippen MR) is 68.6 cm³/mol. The third-order valence-electron chi connectivity index (χ3n) is 5.29. The molecule has 0 amide bonds. The van der Waals surface area contributed by atoms with Gasteiger partial charge in [-0.3, -0.25) is 0 Å². The van der Waals surface area contributed by atoms with E-state index in [1.807, 2.05) is 0 Å². The van der Waals surface area contributed by atoms with Crippen LogP contribution in [-0.4, -0.2) is 13.2 Å². The van der Waals surface area contributed by atoms with E-state index in [0.717, 1.165) is 36.9 Å². The summed E-state index contributed by atoms with van der Waals surface area (Å²) in [5, 5.41) is 0. The van der Waals surface area contributed by atoms with Crippen LogP contribution in [0.15, 0.2) is 35.5 Å². The zero-order chi connectivity index (χ0) is 11.2. The fourth-order valence-electron chi connectivity index (χ4n) is 4.39. The van der Waals surface area contributed by atoms with Crippen LogP contribution in [0, 0.1) is 23.7 Å². The molecule has 2 fully saturated rings. The molecule has 1 heteroatoms. The number of hydrogen-bond donors (Lipinski definition) is 0. The molecule has 0 N–H and O–H groups in total. The number of fused-ring (bicyclic) bond motifs is 5. The molecular weight excluding hydrogens is 208 g/mol. The van der Waals surface area contributed by atoms with Gasteiger partial charge in [-0.25, -0.2) is 0 Å². The first kappa shape index (κ1) is 10.1. The van der Waals surface area contributed by atoms with Crippen molar-refractivity contribution in [1.82, 2.24) is 0 Å². The minimum atomic E-state index is 0.737. The highest BCUT2D eigenvalue weighted by Gasteiger charge is 2.41. The van der Waals surface area contributed by atoms with Gasteiger partial charge in [-0.15, -0.1) is 0 Å². The quantitative estimate of drug-likeness (QED) is 0.616. The van der Waals surface area contributed by atoms with Crippen LogP contribution < -0.4 is 0 Å². The molecule has 17 heavy (non-hydrogen) atoms. The molecule has 1 saturated heterocycles. The minimum absolute atomic E-state index is 0.737. The Morgan fingerprint density at radius 1 is 1.00 bits per heavy atom. The molecule has 4 atom stereocenters. The second kappa shape index (κ2) is 3.84. The highest BCUT2D eigenvalue weighted by Crippen LogP contribution is 2.50. The van der Waals surface area contributed by atoms with Gasteiger partial charge >= 0.3 is 0 Å². The molecule has 3 aliphatic carbocycles. The number of ether oxygens (including phenoxy) is 1. The summed E-state index contributed by atoms with van der Waals surface area (Å²) in [6, 6.07) is 0. The lowest BCUT2D eigenvalue weighted by atomic mass is 9.62. The molecule has 1 saturated carbocycles. The molecule has 4 aliphatic rings. The van der Waals surface area contributed by atoms with E-state index in [0.29, 0.717) is 0 Å². The van der Waals surface area contributed by atoms with Gasteiger partial charge in [0, 0.05) is 12.5 Å². The Morgan fingerprint density at radius 2 is 2.00 bits per heavy atom. The number of hydrogen-bond acceptors (Lipinski definition) is 1. The Labute approximate surface area is 103 Å². The molecule has 0 spiro atoms. The fraction of sp³-hybridized carbons (Fsp3) is 0.625. The molecule has 1 heterocycles. The van der Waals surface area contributed by atoms with Crippen molar-refractivity contribution in [3.8, 4) is 0 Å². The average molecular weight is 228 g/mol. The molecule has 1 aliphatic heterocycles. The van der Waals surface area contributed by atoms with Crippen LogP contribution in [0.1, 0.15) is 25.7 Å². The number of allylic oxidation sites excluding steroid dienone is 5. The first-order valence-corrected chi connectivity index (χ1v) is 7.09. The van der Waals surface area contributed by atoms with E-state index in [1.165, 1.54) is 25.7 Å². The van der Waals surface area contributed by atoms with Crippen LogP contribution in [0.25, 0.3) is 0 Å². The van der Waals surface area contributed by atoms with E-state index in [-0.39, 0.29) is 0 Å². The third kappa shape index (κ3) is 1.48. The maximum atomic E-state index is 5.72. The molecule has 0 aromatic carbocycles. The van der Waals surface area contributed by atoms with Gasteiger partial charge in [0.05, 0.1) is 6.61 Å². The maximum absolute atomic E-state index is 5.72. The Hall–Kier alpha value is -0.820. The highest BCUT2D eigenvalue weighted by atomic mass is 16.5. The number of rotatable bonds is 0. The molecule has 0 aromatic heterocycles. The van der Waals surface area contributed by atoms with Gasteiger partial charge < -0.3 is 4.74 Å². The summed E-state index contributed by atoms with van der Waals surface area (Å²) in [4.78, 5) is 0. The van der Waals surface area contributed by atoms with E-state index in [4.69, 9.17) is 4.74 Å². The van der Waals surface area contributed by atoms with Gasteiger partial charge in [-0.2, -0.15) is 0 Å². The van der Waals surface area contributed by atoms with Crippen molar-refractivity contribution in [3.63, 3.8) is 0 Å². The van der Waals surface area contributed by atoms with Crippen molar-refractivity contribution in [2.24, 2.45) is 23.7 Å². The van der Waals surface area contributed by atoms with Gasteiger partial charge in [-0.1, -0.05) is 29.9 Å². The normalized spacial score (nSPS) is 43.3. The zero-order valence-electron chi connectivity index (χ0n) is 10.3. The van der Waals surface area contributed by atoms with Crippen molar-refractivity contribution in [3.05, 3.63) is 35.5 Å². The lowest BCUT2D eigenvalue weighted by Gasteiger charge is -2.45. The Kier molecular flexibility index (Phi) is 2.29. The summed E-state index contributed by atoms with van der Waals surface area (Å²) in [6.45, 7) is 1.97. The van der Waals surface area contributed by atoms with E-state index in [2.05, 4.69) is 24.3 Å². The highest BCUT2D eigenvalue weighted by molar-refractivity contribution is 5.41. The first-order chi connectivity index (χ1) is 8.43. The van der Waals surface area contributed by atoms with E-state index >= 15 is 0 Å². The van der Waals surface area contributed by atoms with E-state index in [9.17, 15) is 0 Å². The molecule has 1 nitrogen and oxygen atoms in total. The van der Waals surface area contributed by atoms with Crippen LogP contribution >= 0.6 is 0 Å². The predicted octanol–water partition coefficient (Wildman–Crippen LogP) is 3.49. The van der Waals surface area contributed by atoms with Crippen molar-refractivity contribution in [2.45, 2.75) is 25.7 Å². The molecular formula is C16H20O.